The third-order valence-corrected chi connectivity index (χ3v) is 5.88. The Kier molecular flexibility index (Phi) is 6.13. The molecule has 1 aliphatic carbocycles. The highest BCUT2D eigenvalue weighted by atomic mass is 32.2. The third kappa shape index (κ3) is 4.88. The number of hydrogen-bond donors (Lipinski definition) is 2. The first-order valence-electron chi connectivity index (χ1n) is 9.86. The molecule has 0 radical (unpaired) electrons. The molecule has 7 nitrogen and oxygen atoms in total. The van der Waals surface area contributed by atoms with Crippen molar-refractivity contribution in [3.8, 4) is 0 Å². The zero-order valence-electron chi connectivity index (χ0n) is 16.7. The topological polar surface area (TPSA) is 88.9 Å². The van der Waals surface area contributed by atoms with Crippen molar-refractivity contribution in [2.24, 2.45) is 0 Å². The number of hydrogen-bond acceptors (Lipinski definition) is 5. The minimum atomic E-state index is -0.338. The maximum absolute atomic E-state index is 12.3. The third-order valence-electron chi connectivity index (χ3n) is 4.91. The number of amides is 2. The van der Waals surface area contributed by atoms with E-state index in [1.165, 1.54) is 11.8 Å². The first-order valence-corrected chi connectivity index (χ1v) is 10.8. The van der Waals surface area contributed by atoms with E-state index in [4.69, 9.17) is 0 Å². The number of aryl methyl sites for hydroxylation is 1. The Balaban J connectivity index is 1.36. The molecule has 0 spiro atoms. The van der Waals surface area contributed by atoms with Crippen LogP contribution in [0.15, 0.2) is 59.8 Å². The molecule has 30 heavy (non-hydrogen) atoms. The van der Waals surface area contributed by atoms with Crippen LogP contribution in [0.3, 0.4) is 0 Å². The predicted octanol–water partition coefficient (Wildman–Crippen LogP) is 3.07. The molecular formula is C22H23N5O2S. The Morgan fingerprint density at radius 1 is 1.03 bits per heavy atom. The molecule has 1 fully saturated rings. The molecule has 1 saturated carbocycles. The Labute approximate surface area is 179 Å². The number of rotatable bonds is 7. The van der Waals surface area contributed by atoms with Crippen LogP contribution in [0.2, 0.25) is 0 Å². The number of benzene rings is 2. The molecule has 2 aromatic carbocycles. The fraction of sp³-hybridized carbons (Fsp3) is 0.273. The lowest BCUT2D eigenvalue weighted by Gasteiger charge is -2.11. The maximum atomic E-state index is 12.3. The van der Waals surface area contributed by atoms with Crippen molar-refractivity contribution in [3.05, 3.63) is 77.1 Å². The summed E-state index contributed by atoms with van der Waals surface area (Å²) < 4.78 is 2.09. The average molecular weight is 422 g/mol. The van der Waals surface area contributed by atoms with E-state index in [0.717, 1.165) is 29.8 Å². The predicted molar refractivity (Wildman–Crippen MR) is 115 cm³/mol. The zero-order valence-corrected chi connectivity index (χ0v) is 17.5. The number of thioether (sulfide) groups is 1. The van der Waals surface area contributed by atoms with Gasteiger partial charge in [0.25, 0.3) is 5.91 Å². The second kappa shape index (κ2) is 9.13. The number of carbonyl (C=O) groups is 2. The first kappa shape index (κ1) is 20.2. The lowest BCUT2D eigenvalue weighted by atomic mass is 10.1. The van der Waals surface area contributed by atoms with Gasteiger partial charge in [-0.15, -0.1) is 10.2 Å². The summed E-state index contributed by atoms with van der Waals surface area (Å²) in [6, 6.07) is 17.4. The van der Waals surface area contributed by atoms with Gasteiger partial charge < -0.3 is 4.57 Å². The van der Waals surface area contributed by atoms with Gasteiger partial charge in [0.2, 0.25) is 5.91 Å². The lowest BCUT2D eigenvalue weighted by Crippen LogP contribution is -2.42. The van der Waals surface area contributed by atoms with Gasteiger partial charge in [0.05, 0.1) is 12.3 Å². The van der Waals surface area contributed by atoms with Crippen LogP contribution in [0, 0.1) is 6.92 Å². The molecule has 0 unspecified atom stereocenters. The number of nitrogens with zero attached hydrogens (tertiary/aromatic N) is 3. The minimum Gasteiger partial charge on any atom is -0.301 e. The van der Waals surface area contributed by atoms with Crippen LogP contribution in [0.5, 0.6) is 0 Å². The van der Waals surface area contributed by atoms with E-state index in [9.17, 15) is 9.59 Å². The maximum Gasteiger partial charge on any atom is 0.269 e. The van der Waals surface area contributed by atoms with E-state index in [2.05, 4.69) is 37.7 Å². The van der Waals surface area contributed by atoms with Crippen LogP contribution < -0.4 is 10.9 Å². The molecule has 8 heteroatoms. The summed E-state index contributed by atoms with van der Waals surface area (Å²) in [5.41, 5.74) is 7.48. The van der Waals surface area contributed by atoms with Crippen molar-refractivity contribution in [1.82, 2.24) is 25.6 Å². The van der Waals surface area contributed by atoms with Gasteiger partial charge in [-0.25, -0.2) is 0 Å². The second-order valence-electron chi connectivity index (χ2n) is 7.29. The van der Waals surface area contributed by atoms with E-state index in [-0.39, 0.29) is 17.6 Å². The molecule has 154 valence electrons. The summed E-state index contributed by atoms with van der Waals surface area (Å²) in [5, 5.41) is 9.38. The van der Waals surface area contributed by atoms with Crippen molar-refractivity contribution in [2.45, 2.75) is 37.4 Å². The highest BCUT2D eigenvalue weighted by Crippen LogP contribution is 2.40. The smallest absolute Gasteiger partial charge is 0.269 e. The standard InChI is InChI=1S/C22H23N5O2S/c1-15-7-5-6-10-18(15)21(29)25-23-19(28)14-30-22-26-24-20(17-11-12-17)27(22)13-16-8-3-2-4-9-16/h2-10,17H,11-14H2,1H3,(H,23,28)(H,25,29). The Hall–Kier alpha value is -3.13. The van der Waals surface area contributed by atoms with Crippen molar-refractivity contribution in [2.75, 3.05) is 5.75 Å². The van der Waals surface area contributed by atoms with E-state index in [1.807, 2.05) is 37.3 Å². The van der Waals surface area contributed by atoms with E-state index < -0.39 is 0 Å². The monoisotopic (exact) mass is 421 g/mol. The summed E-state index contributed by atoms with van der Waals surface area (Å²) in [6.07, 6.45) is 2.26. The quantitative estimate of drug-likeness (QED) is 0.452. The zero-order chi connectivity index (χ0) is 20.9. The number of carbonyl (C=O) groups excluding carboxylic acids is 2. The summed E-state index contributed by atoms with van der Waals surface area (Å²) in [7, 11) is 0. The fourth-order valence-corrected chi connectivity index (χ4v) is 3.90. The van der Waals surface area contributed by atoms with E-state index in [1.54, 1.807) is 12.1 Å². The molecule has 0 bridgehead atoms. The molecule has 1 aliphatic rings. The summed E-state index contributed by atoms with van der Waals surface area (Å²) in [6.45, 7) is 2.53. The normalized spacial score (nSPS) is 13.1. The molecule has 0 saturated heterocycles. The summed E-state index contributed by atoms with van der Waals surface area (Å²) >= 11 is 1.32. The van der Waals surface area contributed by atoms with Crippen molar-refractivity contribution in [1.29, 1.82) is 0 Å². The molecule has 1 heterocycles. The Morgan fingerprint density at radius 2 is 1.77 bits per heavy atom. The minimum absolute atomic E-state index is 0.131. The molecule has 2 N–H and O–H groups in total. The summed E-state index contributed by atoms with van der Waals surface area (Å²) in [5.74, 6) is 0.928. The first-order chi connectivity index (χ1) is 14.6. The van der Waals surface area contributed by atoms with E-state index in [0.29, 0.717) is 23.2 Å². The molecular weight excluding hydrogens is 398 g/mol. The van der Waals surface area contributed by atoms with Crippen LogP contribution in [-0.4, -0.2) is 32.3 Å². The molecule has 4 rings (SSSR count). The molecule has 3 aromatic rings. The number of hydrazine groups is 1. The van der Waals surface area contributed by atoms with Gasteiger partial charge in [-0.05, 0) is 37.0 Å². The van der Waals surface area contributed by atoms with Gasteiger partial charge in [0.1, 0.15) is 5.82 Å². The number of nitrogens with one attached hydrogen (secondary N) is 2. The van der Waals surface area contributed by atoms with Gasteiger partial charge in [0.15, 0.2) is 5.16 Å². The van der Waals surface area contributed by atoms with Crippen LogP contribution in [0.1, 0.15) is 46.1 Å². The van der Waals surface area contributed by atoms with Crippen LogP contribution in [-0.2, 0) is 11.3 Å². The second-order valence-corrected chi connectivity index (χ2v) is 8.24. The largest absolute Gasteiger partial charge is 0.301 e. The Bertz CT molecular complexity index is 1050. The molecule has 2 amide bonds. The highest BCUT2D eigenvalue weighted by molar-refractivity contribution is 7.99. The molecule has 0 atom stereocenters. The van der Waals surface area contributed by atoms with Crippen molar-refractivity contribution < 1.29 is 9.59 Å². The summed E-state index contributed by atoms with van der Waals surface area (Å²) in [4.78, 5) is 24.5. The van der Waals surface area contributed by atoms with Gasteiger partial charge in [0, 0.05) is 11.5 Å². The number of aromatic nitrogens is 3. The van der Waals surface area contributed by atoms with Crippen LogP contribution in [0.4, 0.5) is 0 Å². The average Bonchev–Trinajstić information content (AvgIpc) is 3.53. The van der Waals surface area contributed by atoms with Gasteiger partial charge in [-0.3, -0.25) is 20.4 Å². The molecule has 1 aromatic heterocycles. The molecule has 0 aliphatic heterocycles. The van der Waals surface area contributed by atoms with Crippen molar-refractivity contribution in [3.63, 3.8) is 0 Å². The van der Waals surface area contributed by atoms with Gasteiger partial charge in [-0.1, -0.05) is 60.3 Å². The van der Waals surface area contributed by atoms with Crippen LogP contribution in [0.25, 0.3) is 0 Å². The van der Waals surface area contributed by atoms with E-state index >= 15 is 0 Å². The van der Waals surface area contributed by atoms with Gasteiger partial charge >= 0.3 is 0 Å². The van der Waals surface area contributed by atoms with Gasteiger partial charge in [-0.2, -0.15) is 0 Å². The Morgan fingerprint density at radius 3 is 2.50 bits per heavy atom. The van der Waals surface area contributed by atoms with Crippen LogP contribution >= 0.6 is 11.8 Å². The lowest BCUT2D eigenvalue weighted by molar-refractivity contribution is -0.119. The highest BCUT2D eigenvalue weighted by Gasteiger charge is 2.30. The van der Waals surface area contributed by atoms with Crippen molar-refractivity contribution >= 4 is 23.6 Å². The fourth-order valence-electron chi connectivity index (χ4n) is 3.15. The SMILES string of the molecule is Cc1ccccc1C(=O)NNC(=O)CSc1nnc(C2CC2)n1Cc1ccccc1.